The van der Waals surface area contributed by atoms with Gasteiger partial charge >= 0.3 is 11.7 Å². The smallest absolute Gasteiger partial charge is 0.344 e. The lowest BCUT2D eigenvalue weighted by atomic mass is 10.1. The molecule has 2 N–H and O–H groups in total. The number of ketones is 1. The van der Waals surface area contributed by atoms with E-state index < -0.39 is 35.2 Å². The monoisotopic (exact) mass is 398 g/mol. The van der Waals surface area contributed by atoms with Crippen molar-refractivity contribution >= 4 is 17.6 Å². The van der Waals surface area contributed by atoms with Crippen molar-refractivity contribution < 1.29 is 18.8 Å². The van der Waals surface area contributed by atoms with Crippen LogP contribution in [0.2, 0.25) is 0 Å². The number of rotatable bonds is 5. The van der Waals surface area contributed by atoms with E-state index >= 15 is 0 Å². The second kappa shape index (κ2) is 7.58. The number of aromatic nitrogens is 3. The highest BCUT2D eigenvalue weighted by atomic mass is 16.5. The van der Waals surface area contributed by atoms with E-state index in [1.165, 1.54) is 14.1 Å². The molecule has 29 heavy (non-hydrogen) atoms. The molecule has 0 unspecified atom stereocenters. The minimum Gasteiger partial charge on any atom is -0.454 e. The van der Waals surface area contributed by atoms with Crippen LogP contribution in [0.25, 0.3) is 11.3 Å². The van der Waals surface area contributed by atoms with Gasteiger partial charge in [-0.3, -0.25) is 18.7 Å². The Kier molecular flexibility index (Phi) is 5.18. The lowest BCUT2D eigenvalue weighted by Gasteiger charge is -2.11. The van der Waals surface area contributed by atoms with Crippen molar-refractivity contribution in [3.05, 3.63) is 68.1 Å². The fourth-order valence-corrected chi connectivity index (χ4v) is 2.80. The highest BCUT2D eigenvalue weighted by Gasteiger charge is 2.26. The number of benzene rings is 1. The molecule has 0 aliphatic carbocycles. The Bertz CT molecular complexity index is 1220. The van der Waals surface area contributed by atoms with E-state index in [0.717, 1.165) is 9.13 Å². The van der Waals surface area contributed by atoms with E-state index in [-0.39, 0.29) is 22.8 Å². The molecular formula is C19H18N4O6. The normalized spacial score (nSPS) is 10.7. The molecular weight excluding hydrogens is 380 g/mol. The zero-order chi connectivity index (χ0) is 21.3. The van der Waals surface area contributed by atoms with Crippen LogP contribution in [0.4, 0.5) is 5.82 Å². The van der Waals surface area contributed by atoms with Gasteiger partial charge in [-0.15, -0.1) is 0 Å². The standard InChI is InChI=1S/C19H18N4O6/c1-10-13(15(21-29-10)11-7-5-4-6-8-11)18(26)28-9-12(24)14-16(20)22(2)19(27)23(3)17(14)25/h4-8H,9,20H2,1-3H3. The van der Waals surface area contributed by atoms with Crippen LogP contribution in [0.15, 0.2) is 44.4 Å². The third-order valence-corrected chi connectivity index (χ3v) is 4.44. The first-order valence-corrected chi connectivity index (χ1v) is 8.51. The minimum absolute atomic E-state index is 0.0744. The Morgan fingerprint density at radius 3 is 2.41 bits per heavy atom. The van der Waals surface area contributed by atoms with Crippen molar-refractivity contribution in [1.29, 1.82) is 0 Å². The molecule has 0 fully saturated rings. The zero-order valence-corrected chi connectivity index (χ0v) is 16.0. The van der Waals surface area contributed by atoms with Gasteiger partial charge in [0.05, 0.1) is 0 Å². The van der Waals surface area contributed by atoms with Crippen LogP contribution < -0.4 is 17.0 Å². The molecule has 3 rings (SSSR count). The van der Waals surface area contributed by atoms with Crippen LogP contribution in [0, 0.1) is 6.92 Å². The summed E-state index contributed by atoms with van der Waals surface area (Å²) in [5, 5.41) is 3.88. The summed E-state index contributed by atoms with van der Waals surface area (Å²) in [6.07, 6.45) is 0. The Balaban J connectivity index is 1.87. The topological polar surface area (TPSA) is 139 Å². The molecule has 10 nitrogen and oxygen atoms in total. The number of aryl methyl sites for hydroxylation is 1. The van der Waals surface area contributed by atoms with Crippen molar-refractivity contribution in [3.63, 3.8) is 0 Å². The first-order valence-electron chi connectivity index (χ1n) is 8.51. The number of nitrogen functional groups attached to an aromatic ring is 1. The molecule has 0 atom stereocenters. The molecule has 10 heteroatoms. The molecule has 0 aliphatic rings. The Labute approximate surface area is 164 Å². The molecule has 3 aromatic rings. The number of nitrogens with zero attached hydrogens (tertiary/aromatic N) is 3. The molecule has 1 aromatic carbocycles. The fourth-order valence-electron chi connectivity index (χ4n) is 2.80. The Morgan fingerprint density at radius 1 is 1.10 bits per heavy atom. The number of esters is 1. The molecule has 0 spiro atoms. The van der Waals surface area contributed by atoms with Gasteiger partial charge in [-0.1, -0.05) is 35.5 Å². The van der Waals surface area contributed by atoms with Gasteiger partial charge in [0.2, 0.25) is 5.78 Å². The fraction of sp³-hybridized carbons (Fsp3) is 0.211. The molecule has 2 aromatic heterocycles. The van der Waals surface area contributed by atoms with Gasteiger partial charge in [0.1, 0.15) is 28.4 Å². The number of Topliss-reactive ketones (excluding diaryl/α,β-unsaturated/α-hetero) is 1. The summed E-state index contributed by atoms with van der Waals surface area (Å²) >= 11 is 0. The van der Waals surface area contributed by atoms with Gasteiger partial charge in [0, 0.05) is 19.7 Å². The van der Waals surface area contributed by atoms with Gasteiger partial charge in [-0.2, -0.15) is 0 Å². The number of hydrogen-bond acceptors (Lipinski definition) is 8. The summed E-state index contributed by atoms with van der Waals surface area (Å²) in [6, 6.07) is 8.85. The summed E-state index contributed by atoms with van der Waals surface area (Å²) in [6.45, 7) is 0.799. The van der Waals surface area contributed by atoms with E-state index in [0.29, 0.717) is 5.56 Å². The summed E-state index contributed by atoms with van der Waals surface area (Å²) in [7, 11) is 2.55. The SMILES string of the molecule is Cc1onc(-c2ccccc2)c1C(=O)OCC(=O)c1c(N)n(C)c(=O)n(C)c1=O. The number of carbonyl (C=O) groups excluding carboxylic acids is 2. The second-order valence-electron chi connectivity index (χ2n) is 6.29. The van der Waals surface area contributed by atoms with Crippen molar-refractivity contribution in [1.82, 2.24) is 14.3 Å². The summed E-state index contributed by atoms with van der Waals surface area (Å²) in [5.41, 5.74) is 4.77. The molecule has 2 heterocycles. The maximum absolute atomic E-state index is 12.6. The van der Waals surface area contributed by atoms with Gasteiger partial charge < -0.3 is 15.0 Å². The molecule has 0 aliphatic heterocycles. The van der Waals surface area contributed by atoms with Crippen molar-refractivity contribution in [2.45, 2.75) is 6.92 Å². The molecule has 0 bridgehead atoms. The number of anilines is 1. The van der Waals surface area contributed by atoms with Crippen LogP contribution in [0.3, 0.4) is 0 Å². The average Bonchev–Trinajstić information content (AvgIpc) is 3.11. The maximum Gasteiger partial charge on any atom is 0.344 e. The van der Waals surface area contributed by atoms with E-state index in [1.807, 2.05) is 6.07 Å². The first-order chi connectivity index (χ1) is 13.7. The molecule has 0 amide bonds. The van der Waals surface area contributed by atoms with Crippen molar-refractivity contribution in [3.8, 4) is 11.3 Å². The van der Waals surface area contributed by atoms with Crippen LogP contribution in [-0.4, -0.2) is 32.7 Å². The predicted molar refractivity (Wildman–Crippen MR) is 103 cm³/mol. The average molecular weight is 398 g/mol. The quantitative estimate of drug-likeness (QED) is 0.489. The lowest BCUT2D eigenvalue weighted by molar-refractivity contribution is 0.0473. The highest BCUT2D eigenvalue weighted by Crippen LogP contribution is 2.25. The second-order valence-corrected chi connectivity index (χ2v) is 6.29. The van der Waals surface area contributed by atoms with Crippen LogP contribution >= 0.6 is 0 Å². The largest absolute Gasteiger partial charge is 0.454 e. The molecule has 0 saturated carbocycles. The first kappa shape index (κ1) is 19.8. The zero-order valence-electron chi connectivity index (χ0n) is 16.0. The van der Waals surface area contributed by atoms with Gasteiger partial charge in [-0.05, 0) is 6.92 Å². The summed E-state index contributed by atoms with van der Waals surface area (Å²) in [4.78, 5) is 49.2. The number of hydrogen-bond donors (Lipinski definition) is 1. The summed E-state index contributed by atoms with van der Waals surface area (Å²) < 4.78 is 11.9. The highest BCUT2D eigenvalue weighted by molar-refractivity contribution is 6.03. The Hall–Kier alpha value is -3.95. The number of nitrogens with two attached hydrogens (primary N) is 1. The maximum atomic E-state index is 12.6. The van der Waals surface area contributed by atoms with Crippen LogP contribution in [0.5, 0.6) is 0 Å². The summed E-state index contributed by atoms with van der Waals surface area (Å²) in [5.74, 6) is -1.75. The van der Waals surface area contributed by atoms with E-state index in [2.05, 4.69) is 5.16 Å². The predicted octanol–water partition coefficient (Wildman–Crippen LogP) is 0.669. The van der Waals surface area contributed by atoms with Gasteiger partial charge in [0.15, 0.2) is 6.61 Å². The van der Waals surface area contributed by atoms with Crippen molar-refractivity contribution in [2.75, 3.05) is 12.3 Å². The third-order valence-electron chi connectivity index (χ3n) is 4.44. The molecule has 150 valence electrons. The number of ether oxygens (including phenoxy) is 1. The van der Waals surface area contributed by atoms with Crippen LogP contribution in [0.1, 0.15) is 26.5 Å². The van der Waals surface area contributed by atoms with Gasteiger partial charge in [-0.25, -0.2) is 9.59 Å². The molecule has 0 radical (unpaired) electrons. The van der Waals surface area contributed by atoms with Crippen LogP contribution in [-0.2, 0) is 18.8 Å². The van der Waals surface area contributed by atoms with Gasteiger partial charge in [0.25, 0.3) is 5.56 Å². The van der Waals surface area contributed by atoms with E-state index in [1.54, 1.807) is 31.2 Å². The lowest BCUT2D eigenvalue weighted by Crippen LogP contribution is -2.42. The van der Waals surface area contributed by atoms with E-state index in [9.17, 15) is 19.2 Å². The minimum atomic E-state index is -0.863. The Morgan fingerprint density at radius 2 is 1.76 bits per heavy atom. The molecule has 0 saturated heterocycles. The third kappa shape index (κ3) is 3.47. The van der Waals surface area contributed by atoms with E-state index in [4.69, 9.17) is 15.0 Å². The van der Waals surface area contributed by atoms with Crippen molar-refractivity contribution in [2.24, 2.45) is 14.1 Å². The number of carbonyl (C=O) groups is 2.